The van der Waals surface area contributed by atoms with Gasteiger partial charge in [-0.2, -0.15) is 0 Å². The number of aromatic nitrogens is 2. The number of fused-ring (bicyclic) bond motifs is 1. The van der Waals surface area contributed by atoms with Crippen LogP contribution >= 0.6 is 0 Å². The quantitative estimate of drug-likeness (QED) is 0.766. The molecule has 2 heterocycles. The Labute approximate surface area is 86.2 Å². The van der Waals surface area contributed by atoms with Crippen molar-refractivity contribution in [1.29, 1.82) is 0 Å². The van der Waals surface area contributed by atoms with E-state index in [2.05, 4.69) is 4.98 Å². The number of carbonyl (C=O) groups is 1. The number of nitrogens with zero attached hydrogens (tertiary/aromatic N) is 2. The number of nitrogens with two attached hydrogens (primary N) is 1. The van der Waals surface area contributed by atoms with Crippen LogP contribution in [0.15, 0.2) is 24.5 Å². The van der Waals surface area contributed by atoms with Gasteiger partial charge in [0.1, 0.15) is 5.82 Å². The third-order valence-corrected chi connectivity index (χ3v) is 2.22. The molecule has 0 bridgehead atoms. The van der Waals surface area contributed by atoms with Gasteiger partial charge in [0.05, 0.1) is 17.3 Å². The monoisotopic (exact) mass is 205 g/mol. The maximum absolute atomic E-state index is 10.8. The van der Waals surface area contributed by atoms with E-state index < -0.39 is 5.97 Å². The number of carboxylic acid groups (broad SMARTS) is 1. The van der Waals surface area contributed by atoms with Crippen molar-refractivity contribution in [2.75, 3.05) is 6.54 Å². The molecule has 0 radical (unpaired) electrons. The van der Waals surface area contributed by atoms with E-state index in [4.69, 9.17) is 10.8 Å². The Bertz CT molecular complexity index is 504. The fourth-order valence-corrected chi connectivity index (χ4v) is 1.48. The molecule has 0 saturated heterocycles. The van der Waals surface area contributed by atoms with Gasteiger partial charge in [-0.25, -0.2) is 9.78 Å². The van der Waals surface area contributed by atoms with Crippen LogP contribution in [0.25, 0.3) is 5.52 Å². The lowest BCUT2D eigenvalue weighted by Gasteiger charge is -2.00. The maximum atomic E-state index is 10.8. The van der Waals surface area contributed by atoms with Crippen LogP contribution in [-0.2, 0) is 6.42 Å². The first-order valence-electron chi connectivity index (χ1n) is 4.61. The van der Waals surface area contributed by atoms with Gasteiger partial charge in [-0.05, 0) is 18.7 Å². The average Bonchev–Trinajstić information content (AvgIpc) is 2.61. The Morgan fingerprint density at radius 2 is 2.33 bits per heavy atom. The maximum Gasteiger partial charge on any atom is 0.337 e. The number of pyridine rings is 1. The summed E-state index contributed by atoms with van der Waals surface area (Å²) in [6.07, 6.45) is 3.91. The summed E-state index contributed by atoms with van der Waals surface area (Å²) in [5.74, 6) is -0.153. The van der Waals surface area contributed by atoms with Gasteiger partial charge >= 0.3 is 5.97 Å². The van der Waals surface area contributed by atoms with E-state index in [-0.39, 0.29) is 5.56 Å². The molecule has 0 aliphatic carbocycles. The van der Waals surface area contributed by atoms with Crippen molar-refractivity contribution in [2.24, 2.45) is 5.73 Å². The van der Waals surface area contributed by atoms with Crippen molar-refractivity contribution in [1.82, 2.24) is 9.38 Å². The van der Waals surface area contributed by atoms with Crippen LogP contribution in [0.1, 0.15) is 16.2 Å². The summed E-state index contributed by atoms with van der Waals surface area (Å²) in [5.41, 5.74) is 6.57. The largest absolute Gasteiger partial charge is 0.478 e. The Hall–Kier alpha value is -1.88. The SMILES string of the molecule is NCCc1ncc2ccc(C(=O)O)cn12. The lowest BCUT2D eigenvalue weighted by Crippen LogP contribution is -2.07. The average molecular weight is 205 g/mol. The standard InChI is InChI=1S/C10H11N3O2/c11-4-3-9-12-5-8-2-1-7(10(14)15)6-13(8)9/h1-2,5-6H,3-4,11H2,(H,14,15). The summed E-state index contributed by atoms with van der Waals surface area (Å²) >= 11 is 0. The number of carboxylic acids is 1. The highest BCUT2D eigenvalue weighted by molar-refractivity contribution is 5.87. The molecule has 5 heteroatoms. The molecule has 0 aliphatic heterocycles. The van der Waals surface area contributed by atoms with E-state index in [1.54, 1.807) is 28.9 Å². The van der Waals surface area contributed by atoms with Crippen LogP contribution in [-0.4, -0.2) is 27.0 Å². The summed E-state index contributed by atoms with van der Waals surface area (Å²) in [7, 11) is 0. The summed E-state index contributed by atoms with van der Waals surface area (Å²) in [4.78, 5) is 15.0. The lowest BCUT2D eigenvalue weighted by molar-refractivity contribution is 0.0696. The van der Waals surface area contributed by atoms with Crippen molar-refractivity contribution in [3.8, 4) is 0 Å². The van der Waals surface area contributed by atoms with Crippen LogP contribution in [0.3, 0.4) is 0 Å². The van der Waals surface area contributed by atoms with Gasteiger partial charge in [0.2, 0.25) is 0 Å². The zero-order valence-electron chi connectivity index (χ0n) is 8.05. The van der Waals surface area contributed by atoms with Gasteiger partial charge in [0.15, 0.2) is 0 Å². The molecule has 0 unspecified atom stereocenters. The molecule has 5 nitrogen and oxygen atoms in total. The highest BCUT2D eigenvalue weighted by Crippen LogP contribution is 2.09. The van der Waals surface area contributed by atoms with Crippen molar-refractivity contribution < 1.29 is 9.90 Å². The second kappa shape index (κ2) is 3.70. The predicted molar refractivity (Wildman–Crippen MR) is 54.9 cm³/mol. The van der Waals surface area contributed by atoms with Gasteiger partial charge in [-0.1, -0.05) is 0 Å². The summed E-state index contributed by atoms with van der Waals surface area (Å²) in [5, 5.41) is 8.84. The first-order chi connectivity index (χ1) is 7.22. The third-order valence-electron chi connectivity index (χ3n) is 2.22. The second-order valence-corrected chi connectivity index (χ2v) is 3.23. The Balaban J connectivity index is 2.56. The molecule has 0 spiro atoms. The molecular weight excluding hydrogens is 194 g/mol. The molecule has 0 aliphatic rings. The zero-order valence-corrected chi connectivity index (χ0v) is 8.05. The lowest BCUT2D eigenvalue weighted by atomic mass is 10.2. The fraction of sp³-hybridized carbons (Fsp3) is 0.200. The van der Waals surface area contributed by atoms with Gasteiger partial charge in [-0.3, -0.25) is 0 Å². The van der Waals surface area contributed by atoms with E-state index >= 15 is 0 Å². The number of rotatable bonds is 3. The predicted octanol–water partition coefficient (Wildman–Crippen LogP) is 0.534. The van der Waals surface area contributed by atoms with E-state index in [1.807, 2.05) is 0 Å². The Kier molecular flexibility index (Phi) is 2.39. The van der Waals surface area contributed by atoms with Gasteiger partial charge in [0, 0.05) is 12.6 Å². The zero-order chi connectivity index (χ0) is 10.8. The summed E-state index contributed by atoms with van der Waals surface area (Å²) < 4.78 is 1.76. The molecular formula is C10H11N3O2. The third kappa shape index (κ3) is 1.69. The molecule has 0 aromatic carbocycles. The van der Waals surface area contributed by atoms with Crippen molar-refractivity contribution in [2.45, 2.75) is 6.42 Å². The van der Waals surface area contributed by atoms with Gasteiger partial charge in [-0.15, -0.1) is 0 Å². The minimum Gasteiger partial charge on any atom is -0.478 e. The molecule has 2 aromatic rings. The van der Waals surface area contributed by atoms with E-state index in [9.17, 15) is 4.79 Å². The topological polar surface area (TPSA) is 80.6 Å². The summed E-state index contributed by atoms with van der Waals surface area (Å²) in [6.45, 7) is 0.496. The van der Waals surface area contributed by atoms with Crippen LogP contribution in [0.5, 0.6) is 0 Å². The molecule has 0 saturated carbocycles. The Morgan fingerprint density at radius 1 is 1.53 bits per heavy atom. The second-order valence-electron chi connectivity index (χ2n) is 3.23. The van der Waals surface area contributed by atoms with E-state index in [0.717, 1.165) is 11.3 Å². The van der Waals surface area contributed by atoms with Crippen LogP contribution in [0.2, 0.25) is 0 Å². The van der Waals surface area contributed by atoms with Crippen LogP contribution in [0, 0.1) is 0 Å². The number of aromatic carboxylic acids is 1. The fourth-order valence-electron chi connectivity index (χ4n) is 1.48. The van der Waals surface area contributed by atoms with Crippen molar-refractivity contribution in [3.05, 3.63) is 35.9 Å². The van der Waals surface area contributed by atoms with Gasteiger partial charge in [0.25, 0.3) is 0 Å². The highest BCUT2D eigenvalue weighted by Gasteiger charge is 2.06. The van der Waals surface area contributed by atoms with Crippen LogP contribution < -0.4 is 5.73 Å². The molecule has 78 valence electrons. The smallest absolute Gasteiger partial charge is 0.337 e. The summed E-state index contributed by atoms with van der Waals surface area (Å²) in [6, 6.07) is 3.29. The first kappa shape index (κ1) is 9.67. The van der Waals surface area contributed by atoms with E-state index in [0.29, 0.717) is 13.0 Å². The molecule has 3 N–H and O–H groups in total. The van der Waals surface area contributed by atoms with Crippen molar-refractivity contribution in [3.63, 3.8) is 0 Å². The molecule has 0 atom stereocenters. The van der Waals surface area contributed by atoms with Crippen LogP contribution in [0.4, 0.5) is 0 Å². The minimum atomic E-state index is -0.940. The first-order valence-corrected chi connectivity index (χ1v) is 4.61. The van der Waals surface area contributed by atoms with Gasteiger partial charge < -0.3 is 15.2 Å². The normalized spacial score (nSPS) is 10.7. The number of hydrogen-bond acceptors (Lipinski definition) is 3. The molecule has 2 rings (SSSR count). The highest BCUT2D eigenvalue weighted by atomic mass is 16.4. The molecule has 0 amide bonds. The van der Waals surface area contributed by atoms with E-state index in [1.165, 1.54) is 0 Å². The Morgan fingerprint density at radius 3 is 3.00 bits per heavy atom. The number of imidazole rings is 1. The minimum absolute atomic E-state index is 0.249. The number of hydrogen-bond donors (Lipinski definition) is 2. The molecule has 2 aromatic heterocycles. The molecule has 0 fully saturated rings. The van der Waals surface area contributed by atoms with Crippen molar-refractivity contribution >= 4 is 11.5 Å². The molecule has 15 heavy (non-hydrogen) atoms.